The van der Waals surface area contributed by atoms with Crippen LogP contribution in [-0.4, -0.2) is 0 Å². The van der Waals surface area contributed by atoms with Gasteiger partial charge in [0.2, 0.25) is 11.4 Å². The van der Waals surface area contributed by atoms with Crippen LogP contribution in [0, 0.1) is 11.6 Å². The Kier molecular flexibility index (Phi) is 3.84. The van der Waals surface area contributed by atoms with E-state index < -0.39 is 23.0 Å². The predicted octanol–water partition coefficient (Wildman–Crippen LogP) is 4.83. The molecule has 102 valence electrons. The molecule has 0 saturated carbocycles. The van der Waals surface area contributed by atoms with Crippen molar-refractivity contribution in [1.29, 1.82) is 0 Å². The van der Waals surface area contributed by atoms with Gasteiger partial charge in [-0.15, -0.1) is 0 Å². The number of hydrogen-bond donors (Lipinski definition) is 0. The Balaban J connectivity index is 2.05. The Labute approximate surface area is 108 Å². The molecule has 2 nitrogen and oxygen atoms in total. The zero-order valence-electron chi connectivity index (χ0n) is 9.36. The van der Waals surface area contributed by atoms with Crippen molar-refractivity contribution in [2.45, 2.75) is 0 Å². The highest BCUT2D eigenvalue weighted by atomic mass is 32.3. The maximum absolute atomic E-state index is 13.4. The van der Waals surface area contributed by atoms with Crippen molar-refractivity contribution in [3.05, 3.63) is 60.2 Å². The summed E-state index contributed by atoms with van der Waals surface area (Å²) < 4.78 is 60.8. The minimum atomic E-state index is -4.86. The molecule has 0 fully saturated rings. The summed E-state index contributed by atoms with van der Waals surface area (Å²) in [5.41, 5.74) is 0. The van der Waals surface area contributed by atoms with Gasteiger partial charge in [0, 0.05) is 0 Å². The number of halogens is 4. The summed E-state index contributed by atoms with van der Waals surface area (Å²) in [5.74, 6) is -1.57. The van der Waals surface area contributed by atoms with E-state index in [1.165, 1.54) is 0 Å². The summed E-state index contributed by atoms with van der Waals surface area (Å²) in [5, 5.41) is 0. The minimum Gasteiger partial charge on any atom is -0.332 e. The molecule has 0 heterocycles. The maximum Gasteiger partial charge on any atom is 0.210 e. The molecule has 0 aromatic heterocycles. The van der Waals surface area contributed by atoms with Gasteiger partial charge in [-0.1, -0.05) is 0 Å². The van der Waals surface area contributed by atoms with Crippen molar-refractivity contribution in [2.75, 3.05) is 0 Å². The molecule has 0 N–H and O–H groups in total. The molecule has 2 aromatic carbocycles. The molecule has 0 radical (unpaired) electrons. The molecule has 7 heteroatoms. The molecule has 0 unspecified atom stereocenters. The average Bonchev–Trinajstić information content (AvgIpc) is 2.34. The second-order valence-electron chi connectivity index (χ2n) is 3.45. The third-order valence-corrected chi connectivity index (χ3v) is 2.79. The Bertz CT molecular complexity index is 493. The standard InChI is InChI=1S/C12H8F4O2S/c13-9-1-5-11(6-2-9)17-19(15,16)18-12-7-3-10(14)4-8-12/h1-8H. The topological polar surface area (TPSA) is 18.5 Å². The maximum atomic E-state index is 13.4. The lowest BCUT2D eigenvalue weighted by molar-refractivity contribution is 0.393. The van der Waals surface area contributed by atoms with Crippen LogP contribution >= 0.6 is 11.4 Å². The first kappa shape index (κ1) is 13.5. The van der Waals surface area contributed by atoms with Gasteiger partial charge in [-0.3, -0.25) is 0 Å². The van der Waals surface area contributed by atoms with Crippen molar-refractivity contribution in [2.24, 2.45) is 0 Å². The van der Waals surface area contributed by atoms with Crippen LogP contribution in [0.4, 0.5) is 16.6 Å². The molecule has 0 atom stereocenters. The van der Waals surface area contributed by atoms with Crippen LogP contribution in [-0.2, 0) is 0 Å². The van der Waals surface area contributed by atoms with Gasteiger partial charge in [0.1, 0.15) is 11.6 Å². The van der Waals surface area contributed by atoms with Crippen LogP contribution in [0.2, 0.25) is 0 Å². The zero-order chi connectivity index (χ0) is 13.9. The minimum absolute atomic E-state index is 0.219. The van der Waals surface area contributed by atoms with Gasteiger partial charge in [0.15, 0.2) is 11.5 Å². The molecule has 0 aliphatic carbocycles. The highest BCUT2D eigenvalue weighted by Crippen LogP contribution is 2.53. The molecule has 19 heavy (non-hydrogen) atoms. The second-order valence-corrected chi connectivity index (χ2v) is 4.54. The monoisotopic (exact) mass is 292 g/mol. The van der Waals surface area contributed by atoms with Crippen molar-refractivity contribution in [3.63, 3.8) is 0 Å². The van der Waals surface area contributed by atoms with Gasteiger partial charge in [-0.05, 0) is 56.3 Å². The van der Waals surface area contributed by atoms with Gasteiger partial charge in [0.05, 0.1) is 0 Å². The van der Waals surface area contributed by atoms with Crippen molar-refractivity contribution in [3.8, 4) is 11.5 Å². The van der Waals surface area contributed by atoms with E-state index in [0.717, 1.165) is 48.5 Å². The van der Waals surface area contributed by atoms with Crippen LogP contribution in [0.15, 0.2) is 48.5 Å². The van der Waals surface area contributed by atoms with E-state index in [-0.39, 0.29) is 11.5 Å². The van der Waals surface area contributed by atoms with Gasteiger partial charge in [-0.2, -0.15) is 0 Å². The molecule has 0 saturated heterocycles. The van der Waals surface area contributed by atoms with Crippen LogP contribution in [0.25, 0.3) is 0 Å². The van der Waals surface area contributed by atoms with Crippen LogP contribution in [0.5, 0.6) is 11.5 Å². The van der Waals surface area contributed by atoms with Gasteiger partial charge >= 0.3 is 0 Å². The highest BCUT2D eigenvalue weighted by molar-refractivity contribution is 8.17. The Hall–Kier alpha value is -1.89. The van der Waals surface area contributed by atoms with E-state index in [9.17, 15) is 16.6 Å². The molecule has 0 aliphatic rings. The number of benzene rings is 2. The molecular formula is C12H8F4O2S. The molecule has 2 aromatic rings. The van der Waals surface area contributed by atoms with Gasteiger partial charge < -0.3 is 8.37 Å². The Morgan fingerprint density at radius 2 is 0.947 bits per heavy atom. The quantitative estimate of drug-likeness (QED) is 0.752. The average molecular weight is 292 g/mol. The predicted molar refractivity (Wildman–Crippen MR) is 63.9 cm³/mol. The fourth-order valence-corrected chi connectivity index (χ4v) is 1.93. The van der Waals surface area contributed by atoms with Gasteiger partial charge in [-0.25, -0.2) is 8.78 Å². The molecule has 0 spiro atoms. The largest absolute Gasteiger partial charge is 0.332 e. The lowest BCUT2D eigenvalue weighted by atomic mass is 10.3. The molecule has 2 rings (SSSR count). The zero-order valence-corrected chi connectivity index (χ0v) is 10.2. The smallest absolute Gasteiger partial charge is 0.210 e. The SMILES string of the molecule is Fc1ccc(OS(F)(F)Oc2ccc(F)cc2)cc1. The summed E-state index contributed by atoms with van der Waals surface area (Å²) in [7, 11) is 0. The first-order valence-electron chi connectivity index (χ1n) is 5.07. The van der Waals surface area contributed by atoms with Crippen molar-refractivity contribution < 1.29 is 24.9 Å². The van der Waals surface area contributed by atoms with Crippen LogP contribution in [0.1, 0.15) is 0 Å². The molecular weight excluding hydrogens is 284 g/mol. The van der Waals surface area contributed by atoms with E-state index in [2.05, 4.69) is 8.37 Å². The lowest BCUT2D eigenvalue weighted by Gasteiger charge is -2.24. The van der Waals surface area contributed by atoms with Crippen LogP contribution in [0.3, 0.4) is 0 Å². The highest BCUT2D eigenvalue weighted by Gasteiger charge is 2.23. The third kappa shape index (κ3) is 4.06. The summed E-state index contributed by atoms with van der Waals surface area (Å²) in [6.45, 7) is 0. The Morgan fingerprint density at radius 3 is 1.26 bits per heavy atom. The summed E-state index contributed by atoms with van der Waals surface area (Å²) >= 11 is -4.86. The number of hydrogen-bond acceptors (Lipinski definition) is 2. The van der Waals surface area contributed by atoms with Crippen LogP contribution < -0.4 is 8.37 Å². The van der Waals surface area contributed by atoms with Gasteiger partial charge in [0.25, 0.3) is 0 Å². The first-order chi connectivity index (χ1) is 8.94. The Morgan fingerprint density at radius 1 is 0.632 bits per heavy atom. The number of rotatable bonds is 4. The normalized spacial score (nSPS) is 12.0. The van der Waals surface area contributed by atoms with E-state index in [1.54, 1.807) is 0 Å². The summed E-state index contributed by atoms with van der Waals surface area (Å²) in [6, 6.07) is 8.19. The second kappa shape index (κ2) is 5.40. The van der Waals surface area contributed by atoms with Crippen molar-refractivity contribution in [1.82, 2.24) is 0 Å². The van der Waals surface area contributed by atoms with E-state index in [1.807, 2.05) is 0 Å². The molecule has 0 amide bonds. The van der Waals surface area contributed by atoms with E-state index in [0.29, 0.717) is 0 Å². The summed E-state index contributed by atoms with van der Waals surface area (Å²) in [4.78, 5) is 0. The fraction of sp³-hybridized carbons (Fsp3) is 0. The lowest BCUT2D eigenvalue weighted by Crippen LogP contribution is -2.04. The van der Waals surface area contributed by atoms with E-state index in [4.69, 9.17) is 0 Å². The van der Waals surface area contributed by atoms with E-state index >= 15 is 0 Å². The molecule has 0 bridgehead atoms. The molecule has 0 aliphatic heterocycles. The third-order valence-electron chi connectivity index (χ3n) is 2.01. The first-order valence-corrected chi connectivity index (χ1v) is 6.35. The fourth-order valence-electron chi connectivity index (χ4n) is 1.22. The summed E-state index contributed by atoms with van der Waals surface area (Å²) in [6.07, 6.45) is 0. The van der Waals surface area contributed by atoms with Crippen molar-refractivity contribution >= 4 is 11.4 Å².